The SMILES string of the molecule is CC(=O)CCCc1c(-c2ccc3c(Br)c(O)ccc3c2)oc2ccccc12. The second-order valence-electron chi connectivity index (χ2n) is 6.80. The molecule has 4 rings (SSSR count). The second kappa shape index (κ2) is 7.20. The van der Waals surface area contributed by atoms with Crippen LogP contribution in [0.1, 0.15) is 25.3 Å². The summed E-state index contributed by atoms with van der Waals surface area (Å²) in [4.78, 5) is 11.3. The lowest BCUT2D eigenvalue weighted by molar-refractivity contribution is -0.117. The number of aromatic hydroxyl groups is 1. The topological polar surface area (TPSA) is 50.4 Å². The van der Waals surface area contributed by atoms with Gasteiger partial charge in [0.05, 0.1) is 4.47 Å². The van der Waals surface area contributed by atoms with Crippen LogP contribution in [0, 0.1) is 0 Å². The third-order valence-corrected chi connectivity index (χ3v) is 5.68. The molecule has 0 aliphatic heterocycles. The van der Waals surface area contributed by atoms with Gasteiger partial charge in [-0.2, -0.15) is 0 Å². The first-order valence-electron chi connectivity index (χ1n) is 8.96. The number of benzene rings is 3. The average Bonchev–Trinajstić information content (AvgIpc) is 3.03. The van der Waals surface area contributed by atoms with Crippen molar-refractivity contribution >= 4 is 43.5 Å². The Labute approximate surface area is 165 Å². The first-order valence-corrected chi connectivity index (χ1v) is 9.75. The fourth-order valence-corrected chi connectivity index (χ4v) is 4.01. The Hall–Kier alpha value is -2.59. The number of hydrogen-bond donors (Lipinski definition) is 1. The van der Waals surface area contributed by atoms with Gasteiger partial charge in [0.25, 0.3) is 0 Å². The Balaban J connectivity index is 1.84. The van der Waals surface area contributed by atoms with Crippen LogP contribution < -0.4 is 0 Å². The highest BCUT2D eigenvalue weighted by Crippen LogP contribution is 2.38. The van der Waals surface area contributed by atoms with E-state index in [4.69, 9.17) is 4.42 Å². The highest BCUT2D eigenvalue weighted by Gasteiger charge is 2.16. The number of phenolic OH excluding ortho intramolecular Hbond substituents is 1. The van der Waals surface area contributed by atoms with E-state index in [1.54, 1.807) is 13.0 Å². The number of phenols is 1. The van der Waals surface area contributed by atoms with Crippen molar-refractivity contribution in [1.82, 2.24) is 0 Å². The zero-order valence-electron chi connectivity index (χ0n) is 15.0. The van der Waals surface area contributed by atoms with E-state index < -0.39 is 0 Å². The maximum absolute atomic E-state index is 11.3. The van der Waals surface area contributed by atoms with Crippen molar-refractivity contribution in [2.45, 2.75) is 26.2 Å². The number of aryl methyl sites for hydroxylation is 1. The molecule has 3 aromatic carbocycles. The summed E-state index contributed by atoms with van der Waals surface area (Å²) in [6, 6.07) is 17.7. The number of hydrogen-bond acceptors (Lipinski definition) is 3. The van der Waals surface area contributed by atoms with Crippen LogP contribution in [0.25, 0.3) is 33.1 Å². The summed E-state index contributed by atoms with van der Waals surface area (Å²) < 4.78 is 6.89. The zero-order chi connectivity index (χ0) is 19.0. The van der Waals surface area contributed by atoms with Gasteiger partial charge in [-0.1, -0.05) is 36.4 Å². The number of fused-ring (bicyclic) bond motifs is 2. The van der Waals surface area contributed by atoms with E-state index in [0.717, 1.165) is 51.5 Å². The van der Waals surface area contributed by atoms with E-state index in [2.05, 4.69) is 28.1 Å². The van der Waals surface area contributed by atoms with Crippen LogP contribution in [0.2, 0.25) is 0 Å². The van der Waals surface area contributed by atoms with Gasteiger partial charge >= 0.3 is 0 Å². The molecule has 27 heavy (non-hydrogen) atoms. The Morgan fingerprint density at radius 2 is 1.89 bits per heavy atom. The van der Waals surface area contributed by atoms with E-state index >= 15 is 0 Å². The van der Waals surface area contributed by atoms with Crippen molar-refractivity contribution in [3.05, 3.63) is 64.6 Å². The summed E-state index contributed by atoms with van der Waals surface area (Å²) in [6.45, 7) is 1.63. The quantitative estimate of drug-likeness (QED) is 0.392. The molecule has 1 N–H and O–H groups in total. The zero-order valence-corrected chi connectivity index (χ0v) is 16.5. The van der Waals surface area contributed by atoms with Crippen LogP contribution >= 0.6 is 15.9 Å². The molecule has 0 saturated heterocycles. The predicted octanol–water partition coefficient (Wildman–Crippen LogP) is 6.63. The summed E-state index contributed by atoms with van der Waals surface area (Å²) in [7, 11) is 0. The van der Waals surface area contributed by atoms with Gasteiger partial charge in [-0.3, -0.25) is 0 Å². The molecular formula is C23H19BrO3. The highest BCUT2D eigenvalue weighted by molar-refractivity contribution is 9.10. The molecule has 136 valence electrons. The molecule has 0 unspecified atom stereocenters. The molecule has 0 aliphatic rings. The van der Waals surface area contributed by atoms with Gasteiger partial charge in [0, 0.05) is 22.9 Å². The number of carbonyl (C=O) groups is 1. The molecule has 3 nitrogen and oxygen atoms in total. The summed E-state index contributed by atoms with van der Waals surface area (Å²) in [6.07, 6.45) is 2.17. The van der Waals surface area contributed by atoms with Gasteiger partial charge in [-0.25, -0.2) is 0 Å². The molecule has 1 aromatic heterocycles. The molecule has 0 amide bonds. The van der Waals surface area contributed by atoms with Gasteiger partial charge < -0.3 is 14.3 Å². The fourth-order valence-electron chi connectivity index (χ4n) is 3.52. The van der Waals surface area contributed by atoms with E-state index in [1.807, 2.05) is 36.4 Å². The van der Waals surface area contributed by atoms with Crippen LogP contribution in [-0.4, -0.2) is 10.9 Å². The summed E-state index contributed by atoms with van der Waals surface area (Å²) in [5, 5.41) is 13.0. The summed E-state index contributed by atoms with van der Waals surface area (Å²) >= 11 is 3.45. The molecule has 0 saturated carbocycles. The van der Waals surface area contributed by atoms with Crippen LogP contribution in [0.4, 0.5) is 0 Å². The van der Waals surface area contributed by atoms with Gasteiger partial charge in [0.1, 0.15) is 22.9 Å². The number of rotatable bonds is 5. The molecule has 0 aliphatic carbocycles. The van der Waals surface area contributed by atoms with Crippen molar-refractivity contribution in [2.24, 2.45) is 0 Å². The smallest absolute Gasteiger partial charge is 0.138 e. The fraction of sp³-hybridized carbons (Fsp3) is 0.174. The normalized spacial score (nSPS) is 11.3. The number of carbonyl (C=O) groups excluding carboxylic acids is 1. The number of para-hydroxylation sites is 1. The van der Waals surface area contributed by atoms with E-state index in [0.29, 0.717) is 10.9 Å². The standard InChI is InChI=1S/C23H19BrO3/c1-14(25)5-4-7-19-18-6-2-3-8-21(18)27-23(19)16-9-11-17-15(13-16)10-12-20(26)22(17)24/h2-3,6,8-13,26H,4-5,7H2,1H3. The maximum atomic E-state index is 11.3. The monoisotopic (exact) mass is 422 g/mol. The van der Waals surface area contributed by atoms with E-state index in [9.17, 15) is 9.90 Å². The third-order valence-electron chi connectivity index (χ3n) is 4.85. The van der Waals surface area contributed by atoms with Crippen molar-refractivity contribution in [1.29, 1.82) is 0 Å². The molecule has 4 heteroatoms. The number of Topliss-reactive ketones (excluding diaryl/α,β-unsaturated/α-hetero) is 1. The van der Waals surface area contributed by atoms with E-state index in [1.165, 1.54) is 0 Å². The molecule has 0 fully saturated rings. The van der Waals surface area contributed by atoms with Gasteiger partial charge in [-0.05, 0) is 64.7 Å². The minimum absolute atomic E-state index is 0.208. The van der Waals surface area contributed by atoms with Crippen molar-refractivity contribution in [3.8, 4) is 17.1 Å². The number of ketones is 1. The molecule has 0 bridgehead atoms. The molecule has 0 atom stereocenters. The Morgan fingerprint density at radius 1 is 1.07 bits per heavy atom. The summed E-state index contributed by atoms with van der Waals surface area (Å²) in [5.74, 6) is 1.29. The maximum Gasteiger partial charge on any atom is 0.138 e. The minimum atomic E-state index is 0.208. The lowest BCUT2D eigenvalue weighted by Crippen LogP contribution is -1.93. The number of furan rings is 1. The molecule has 0 spiro atoms. The Kier molecular flexibility index (Phi) is 4.75. The number of halogens is 1. The van der Waals surface area contributed by atoms with Gasteiger partial charge in [0.2, 0.25) is 0 Å². The van der Waals surface area contributed by atoms with E-state index in [-0.39, 0.29) is 11.5 Å². The van der Waals surface area contributed by atoms with Crippen LogP contribution in [0.3, 0.4) is 0 Å². The van der Waals surface area contributed by atoms with Crippen LogP contribution in [-0.2, 0) is 11.2 Å². The van der Waals surface area contributed by atoms with Crippen molar-refractivity contribution < 1.29 is 14.3 Å². The van der Waals surface area contributed by atoms with Crippen LogP contribution in [0.15, 0.2) is 63.5 Å². The molecule has 4 aromatic rings. The highest BCUT2D eigenvalue weighted by atomic mass is 79.9. The largest absolute Gasteiger partial charge is 0.507 e. The second-order valence-corrected chi connectivity index (χ2v) is 7.59. The Bertz CT molecular complexity index is 1160. The lowest BCUT2D eigenvalue weighted by atomic mass is 9.98. The van der Waals surface area contributed by atoms with Gasteiger partial charge in [-0.15, -0.1) is 0 Å². The summed E-state index contributed by atoms with van der Waals surface area (Å²) in [5.41, 5.74) is 3.00. The predicted molar refractivity (Wildman–Crippen MR) is 112 cm³/mol. The first-order chi connectivity index (χ1) is 13.0. The lowest BCUT2D eigenvalue weighted by Gasteiger charge is -2.07. The molecule has 0 radical (unpaired) electrons. The Morgan fingerprint density at radius 3 is 2.70 bits per heavy atom. The molecular weight excluding hydrogens is 404 g/mol. The van der Waals surface area contributed by atoms with Crippen LogP contribution in [0.5, 0.6) is 5.75 Å². The minimum Gasteiger partial charge on any atom is -0.507 e. The van der Waals surface area contributed by atoms with Crippen molar-refractivity contribution in [3.63, 3.8) is 0 Å². The van der Waals surface area contributed by atoms with Gasteiger partial charge in [0.15, 0.2) is 0 Å². The average molecular weight is 423 g/mol. The molecule has 1 heterocycles. The first kappa shape index (κ1) is 17.8. The van der Waals surface area contributed by atoms with Crippen molar-refractivity contribution in [2.75, 3.05) is 0 Å². The third kappa shape index (κ3) is 3.37.